The van der Waals surface area contributed by atoms with E-state index in [1.807, 2.05) is 15.6 Å². The zero-order valence-corrected chi connectivity index (χ0v) is 14.0. The smallest absolute Gasteiger partial charge is 0.222 e. The molecule has 0 radical (unpaired) electrons. The minimum atomic E-state index is 0.256. The summed E-state index contributed by atoms with van der Waals surface area (Å²) in [6.07, 6.45) is 6.13. The molecule has 0 spiro atoms. The molecule has 1 amide bonds. The van der Waals surface area contributed by atoms with E-state index in [4.69, 9.17) is 10.1 Å². The number of aromatic nitrogens is 3. The third-order valence-electron chi connectivity index (χ3n) is 4.92. The van der Waals surface area contributed by atoms with Gasteiger partial charge in [-0.15, -0.1) is 0 Å². The summed E-state index contributed by atoms with van der Waals surface area (Å²) < 4.78 is 2.03. The average Bonchev–Trinajstić information content (AvgIpc) is 3.38. The minimum absolute atomic E-state index is 0.256. The highest BCUT2D eigenvalue weighted by Crippen LogP contribution is 2.38. The predicted octanol–water partition coefficient (Wildman–Crippen LogP) is 2.91. The Balaban J connectivity index is 1.50. The van der Waals surface area contributed by atoms with E-state index in [1.54, 1.807) is 0 Å². The van der Waals surface area contributed by atoms with Crippen molar-refractivity contribution >= 4 is 5.91 Å². The van der Waals surface area contributed by atoms with Crippen molar-refractivity contribution in [3.63, 3.8) is 0 Å². The molecule has 5 nitrogen and oxygen atoms in total. The molecule has 0 unspecified atom stereocenters. The zero-order valence-electron chi connectivity index (χ0n) is 14.0. The lowest BCUT2D eigenvalue weighted by atomic mass is 10.1. The highest BCUT2D eigenvalue weighted by Gasteiger charge is 2.29. The first-order valence-corrected chi connectivity index (χ1v) is 9.05. The van der Waals surface area contributed by atoms with Crippen LogP contribution in [0.3, 0.4) is 0 Å². The molecule has 1 saturated heterocycles. The van der Waals surface area contributed by atoms with Crippen LogP contribution in [0.15, 0.2) is 30.3 Å². The Morgan fingerprint density at radius 3 is 2.71 bits per heavy atom. The van der Waals surface area contributed by atoms with Crippen LogP contribution >= 0.6 is 0 Å². The van der Waals surface area contributed by atoms with Crippen molar-refractivity contribution in [3.05, 3.63) is 47.5 Å². The SMILES string of the molecule is O=C1CCCCN1Cc1nc(C2CC2)nn1CCc1ccccc1. The summed E-state index contributed by atoms with van der Waals surface area (Å²) in [6.45, 7) is 2.28. The number of piperidine rings is 1. The lowest BCUT2D eigenvalue weighted by Crippen LogP contribution is -2.35. The maximum Gasteiger partial charge on any atom is 0.222 e. The fourth-order valence-electron chi connectivity index (χ4n) is 3.28. The van der Waals surface area contributed by atoms with Crippen molar-refractivity contribution in [3.8, 4) is 0 Å². The van der Waals surface area contributed by atoms with E-state index in [2.05, 4.69) is 24.3 Å². The Hall–Kier alpha value is -2.17. The molecule has 1 saturated carbocycles. The molecule has 4 rings (SSSR count). The van der Waals surface area contributed by atoms with Crippen molar-refractivity contribution in [1.29, 1.82) is 0 Å². The van der Waals surface area contributed by atoms with E-state index < -0.39 is 0 Å². The van der Waals surface area contributed by atoms with Gasteiger partial charge in [-0.05, 0) is 37.7 Å². The zero-order chi connectivity index (χ0) is 16.4. The Morgan fingerprint density at radius 1 is 1.12 bits per heavy atom. The average molecular weight is 324 g/mol. The largest absolute Gasteiger partial charge is 0.335 e. The van der Waals surface area contributed by atoms with Crippen molar-refractivity contribution in [2.45, 2.75) is 57.5 Å². The number of aryl methyl sites for hydroxylation is 2. The molecular formula is C19H24N4O. The monoisotopic (exact) mass is 324 g/mol. The Bertz CT molecular complexity index is 705. The Morgan fingerprint density at radius 2 is 1.96 bits per heavy atom. The molecule has 1 aliphatic carbocycles. The lowest BCUT2D eigenvalue weighted by molar-refractivity contribution is -0.134. The molecule has 0 N–H and O–H groups in total. The summed E-state index contributed by atoms with van der Waals surface area (Å²) in [7, 11) is 0. The van der Waals surface area contributed by atoms with Gasteiger partial charge in [-0.25, -0.2) is 9.67 Å². The second-order valence-electron chi connectivity index (χ2n) is 6.89. The maximum atomic E-state index is 12.1. The van der Waals surface area contributed by atoms with Crippen LogP contribution in [0.1, 0.15) is 55.2 Å². The molecule has 2 aromatic rings. The minimum Gasteiger partial charge on any atom is -0.335 e. The van der Waals surface area contributed by atoms with Crippen LogP contribution in [0.4, 0.5) is 0 Å². The van der Waals surface area contributed by atoms with Crippen molar-refractivity contribution < 1.29 is 4.79 Å². The van der Waals surface area contributed by atoms with Crippen LogP contribution in [0.25, 0.3) is 0 Å². The Labute approximate surface area is 142 Å². The topological polar surface area (TPSA) is 51.0 Å². The van der Waals surface area contributed by atoms with Crippen LogP contribution in [0.2, 0.25) is 0 Å². The maximum absolute atomic E-state index is 12.1. The van der Waals surface area contributed by atoms with Gasteiger partial charge in [0.25, 0.3) is 0 Å². The number of benzene rings is 1. The van der Waals surface area contributed by atoms with Crippen molar-refractivity contribution in [2.24, 2.45) is 0 Å². The van der Waals surface area contributed by atoms with Gasteiger partial charge >= 0.3 is 0 Å². The third-order valence-corrected chi connectivity index (χ3v) is 4.92. The van der Waals surface area contributed by atoms with Crippen LogP contribution < -0.4 is 0 Å². The molecule has 2 aliphatic rings. The highest BCUT2D eigenvalue weighted by atomic mass is 16.2. The van der Waals surface area contributed by atoms with Crippen molar-refractivity contribution in [1.82, 2.24) is 19.7 Å². The van der Waals surface area contributed by atoms with Gasteiger partial charge in [0, 0.05) is 25.4 Å². The van der Waals surface area contributed by atoms with Gasteiger partial charge < -0.3 is 4.90 Å². The molecule has 126 valence electrons. The van der Waals surface area contributed by atoms with Gasteiger partial charge in [-0.3, -0.25) is 4.79 Å². The molecule has 24 heavy (non-hydrogen) atoms. The summed E-state index contributed by atoms with van der Waals surface area (Å²) in [5.74, 6) is 2.72. The number of amides is 1. The first-order valence-electron chi connectivity index (χ1n) is 9.05. The molecular weight excluding hydrogens is 300 g/mol. The molecule has 5 heteroatoms. The molecule has 2 fully saturated rings. The van der Waals surface area contributed by atoms with Gasteiger partial charge in [0.1, 0.15) is 5.82 Å². The molecule has 0 atom stereocenters. The number of likely N-dealkylation sites (tertiary alicyclic amines) is 1. The highest BCUT2D eigenvalue weighted by molar-refractivity contribution is 5.76. The summed E-state index contributed by atoms with van der Waals surface area (Å²) in [6, 6.07) is 10.5. The number of carbonyl (C=O) groups excluding carboxylic acids is 1. The van der Waals surface area contributed by atoms with Gasteiger partial charge in [-0.2, -0.15) is 5.10 Å². The number of nitrogens with zero attached hydrogens (tertiary/aromatic N) is 4. The van der Waals surface area contributed by atoms with E-state index in [9.17, 15) is 4.79 Å². The second-order valence-corrected chi connectivity index (χ2v) is 6.89. The third kappa shape index (κ3) is 3.50. The van der Waals surface area contributed by atoms with Gasteiger partial charge in [0.05, 0.1) is 6.54 Å². The normalized spacial score (nSPS) is 18.2. The lowest BCUT2D eigenvalue weighted by Gasteiger charge is -2.26. The molecule has 1 aliphatic heterocycles. The van der Waals surface area contributed by atoms with E-state index in [0.29, 0.717) is 18.9 Å². The summed E-state index contributed by atoms with van der Waals surface area (Å²) in [4.78, 5) is 18.8. The molecule has 1 aromatic carbocycles. The van der Waals surface area contributed by atoms with E-state index in [-0.39, 0.29) is 5.91 Å². The van der Waals surface area contributed by atoms with E-state index >= 15 is 0 Å². The fourth-order valence-corrected chi connectivity index (χ4v) is 3.28. The summed E-state index contributed by atoms with van der Waals surface area (Å²) >= 11 is 0. The van der Waals surface area contributed by atoms with Gasteiger partial charge in [0.2, 0.25) is 5.91 Å². The second kappa shape index (κ2) is 6.75. The molecule has 0 bridgehead atoms. The summed E-state index contributed by atoms with van der Waals surface area (Å²) in [5.41, 5.74) is 1.31. The summed E-state index contributed by atoms with van der Waals surface area (Å²) in [5, 5.41) is 4.75. The predicted molar refractivity (Wildman–Crippen MR) is 91.4 cm³/mol. The molecule has 1 aromatic heterocycles. The van der Waals surface area contributed by atoms with Gasteiger partial charge in [0.15, 0.2) is 5.82 Å². The van der Waals surface area contributed by atoms with E-state index in [0.717, 1.165) is 44.0 Å². The standard InChI is InChI=1S/C19H24N4O/c24-18-8-4-5-12-22(18)14-17-20-19(16-9-10-16)21-23(17)13-11-15-6-2-1-3-7-15/h1-3,6-7,16H,4-5,8-14H2. The van der Waals surface area contributed by atoms with Crippen LogP contribution in [0, 0.1) is 0 Å². The van der Waals surface area contributed by atoms with E-state index in [1.165, 1.54) is 18.4 Å². The van der Waals surface area contributed by atoms with Crippen LogP contribution in [-0.4, -0.2) is 32.1 Å². The van der Waals surface area contributed by atoms with Crippen molar-refractivity contribution in [2.75, 3.05) is 6.54 Å². The Kier molecular flexibility index (Phi) is 4.32. The first kappa shape index (κ1) is 15.4. The van der Waals surface area contributed by atoms with Crippen LogP contribution in [0.5, 0.6) is 0 Å². The number of hydrogen-bond donors (Lipinski definition) is 0. The van der Waals surface area contributed by atoms with Gasteiger partial charge in [-0.1, -0.05) is 30.3 Å². The number of hydrogen-bond acceptors (Lipinski definition) is 3. The fraction of sp³-hybridized carbons (Fsp3) is 0.526. The quantitative estimate of drug-likeness (QED) is 0.821. The molecule has 2 heterocycles. The first-order chi connectivity index (χ1) is 11.8. The number of rotatable bonds is 6. The number of carbonyl (C=O) groups is 1. The van der Waals surface area contributed by atoms with Crippen LogP contribution in [-0.2, 0) is 24.3 Å².